The molecular formula is C6H6N6. The van der Waals surface area contributed by atoms with Crippen LogP contribution < -0.4 is 5.73 Å². The highest BCUT2D eigenvalue weighted by atomic mass is 15.3. The van der Waals surface area contributed by atoms with Crippen LogP contribution in [0.1, 0.15) is 0 Å². The molecule has 0 spiro atoms. The average molecular weight is 162 g/mol. The Bertz CT molecular complexity index is 367. The van der Waals surface area contributed by atoms with E-state index >= 15 is 0 Å². The van der Waals surface area contributed by atoms with Crippen LogP contribution in [-0.4, -0.2) is 25.1 Å². The number of rotatable bonds is 1. The van der Waals surface area contributed by atoms with Crippen molar-refractivity contribution in [3.05, 3.63) is 18.5 Å². The van der Waals surface area contributed by atoms with Gasteiger partial charge in [0.05, 0.1) is 0 Å². The summed E-state index contributed by atoms with van der Waals surface area (Å²) in [5, 5.41) is 6.30. The fourth-order valence-electron chi connectivity index (χ4n) is 0.789. The van der Waals surface area contributed by atoms with Crippen LogP contribution in [0.25, 0.3) is 11.6 Å². The molecule has 12 heavy (non-hydrogen) atoms. The van der Waals surface area contributed by atoms with Crippen LogP contribution in [-0.2, 0) is 0 Å². The van der Waals surface area contributed by atoms with Crippen molar-refractivity contribution in [2.75, 3.05) is 5.73 Å². The summed E-state index contributed by atoms with van der Waals surface area (Å²) in [5.41, 5.74) is 5.33. The predicted molar refractivity (Wildman–Crippen MR) is 41.8 cm³/mol. The molecule has 0 unspecified atom stereocenters. The number of aromatic amines is 1. The van der Waals surface area contributed by atoms with Crippen LogP contribution >= 0.6 is 0 Å². The van der Waals surface area contributed by atoms with Crippen LogP contribution in [0.2, 0.25) is 0 Å². The van der Waals surface area contributed by atoms with Gasteiger partial charge in [-0.3, -0.25) is 0 Å². The Kier molecular flexibility index (Phi) is 1.44. The summed E-state index contributed by atoms with van der Waals surface area (Å²) in [7, 11) is 0. The lowest BCUT2D eigenvalue weighted by atomic mass is 10.5. The molecule has 2 rings (SSSR count). The Morgan fingerprint density at radius 3 is 2.50 bits per heavy atom. The minimum atomic E-state index is 0.262. The summed E-state index contributed by atoms with van der Waals surface area (Å²) in [5.74, 6) is 1.14. The molecule has 0 saturated carbocycles. The molecule has 0 aliphatic heterocycles. The average Bonchev–Trinajstić information content (AvgIpc) is 2.54. The summed E-state index contributed by atoms with van der Waals surface area (Å²) in [6, 6.07) is 1.72. The van der Waals surface area contributed by atoms with E-state index in [4.69, 9.17) is 5.73 Å². The van der Waals surface area contributed by atoms with Gasteiger partial charge >= 0.3 is 0 Å². The SMILES string of the molecule is Nc1nc(-c2ncccn2)n[nH]1. The van der Waals surface area contributed by atoms with Crippen molar-refractivity contribution in [3.63, 3.8) is 0 Å². The molecule has 0 aromatic carbocycles. The Morgan fingerprint density at radius 2 is 1.92 bits per heavy atom. The molecule has 3 N–H and O–H groups in total. The highest BCUT2D eigenvalue weighted by molar-refractivity contribution is 5.43. The number of hydrogen-bond acceptors (Lipinski definition) is 5. The highest BCUT2D eigenvalue weighted by Gasteiger charge is 2.04. The van der Waals surface area contributed by atoms with E-state index in [0.717, 1.165) is 0 Å². The van der Waals surface area contributed by atoms with Gasteiger partial charge in [-0.1, -0.05) is 0 Å². The number of nitrogens with two attached hydrogens (primary N) is 1. The predicted octanol–water partition coefficient (Wildman–Crippen LogP) is -0.156. The van der Waals surface area contributed by atoms with Gasteiger partial charge in [0.1, 0.15) is 0 Å². The molecule has 0 atom stereocenters. The number of nitrogens with zero attached hydrogens (tertiary/aromatic N) is 4. The Balaban J connectivity index is 2.45. The fraction of sp³-hybridized carbons (Fsp3) is 0. The summed E-state index contributed by atoms with van der Waals surface area (Å²) in [4.78, 5) is 11.8. The van der Waals surface area contributed by atoms with Gasteiger partial charge in [-0.05, 0) is 6.07 Å². The van der Waals surface area contributed by atoms with Gasteiger partial charge in [0.25, 0.3) is 0 Å². The Morgan fingerprint density at radius 1 is 1.17 bits per heavy atom. The molecule has 0 saturated heterocycles. The Hall–Kier alpha value is -1.98. The number of nitrogens with one attached hydrogen (secondary N) is 1. The molecule has 2 heterocycles. The van der Waals surface area contributed by atoms with Crippen molar-refractivity contribution in [3.8, 4) is 11.6 Å². The highest BCUT2D eigenvalue weighted by Crippen LogP contribution is 2.06. The molecular weight excluding hydrogens is 156 g/mol. The zero-order valence-corrected chi connectivity index (χ0v) is 6.10. The molecule has 6 heteroatoms. The molecule has 0 aliphatic rings. The molecule has 0 bridgehead atoms. The maximum atomic E-state index is 5.33. The molecule has 0 aliphatic carbocycles. The monoisotopic (exact) mass is 162 g/mol. The summed E-state index contributed by atoms with van der Waals surface area (Å²) in [6.07, 6.45) is 3.24. The lowest BCUT2D eigenvalue weighted by Crippen LogP contribution is -1.89. The van der Waals surface area contributed by atoms with Gasteiger partial charge in [0.2, 0.25) is 11.8 Å². The summed E-state index contributed by atoms with van der Waals surface area (Å²) >= 11 is 0. The van der Waals surface area contributed by atoms with Crippen molar-refractivity contribution in [2.24, 2.45) is 0 Å². The van der Waals surface area contributed by atoms with Crippen molar-refractivity contribution in [1.82, 2.24) is 25.1 Å². The van der Waals surface area contributed by atoms with E-state index in [9.17, 15) is 0 Å². The number of nitrogen functional groups attached to an aromatic ring is 1. The molecule has 0 fully saturated rings. The van der Waals surface area contributed by atoms with E-state index in [-0.39, 0.29) is 5.95 Å². The maximum absolute atomic E-state index is 5.33. The van der Waals surface area contributed by atoms with Crippen LogP contribution in [0.15, 0.2) is 18.5 Å². The first-order valence-electron chi connectivity index (χ1n) is 3.31. The maximum Gasteiger partial charge on any atom is 0.220 e. The van der Waals surface area contributed by atoms with E-state index in [2.05, 4.69) is 25.1 Å². The molecule has 60 valence electrons. The second kappa shape index (κ2) is 2.57. The third-order valence-corrected chi connectivity index (χ3v) is 1.27. The molecule has 6 nitrogen and oxygen atoms in total. The minimum absolute atomic E-state index is 0.262. The van der Waals surface area contributed by atoms with Crippen molar-refractivity contribution >= 4 is 5.95 Å². The van der Waals surface area contributed by atoms with Gasteiger partial charge in [-0.15, -0.1) is 5.10 Å². The minimum Gasteiger partial charge on any atom is -0.368 e. The molecule has 0 amide bonds. The normalized spacial score (nSPS) is 10.0. The molecule has 2 aromatic heterocycles. The number of anilines is 1. The van der Waals surface area contributed by atoms with Gasteiger partial charge in [0, 0.05) is 12.4 Å². The second-order valence-electron chi connectivity index (χ2n) is 2.12. The third kappa shape index (κ3) is 1.09. The zero-order chi connectivity index (χ0) is 8.39. The molecule has 0 radical (unpaired) electrons. The quantitative estimate of drug-likeness (QED) is 0.607. The first-order valence-corrected chi connectivity index (χ1v) is 3.31. The van der Waals surface area contributed by atoms with Crippen molar-refractivity contribution in [2.45, 2.75) is 0 Å². The van der Waals surface area contributed by atoms with E-state index in [1.165, 1.54) is 0 Å². The first-order chi connectivity index (χ1) is 5.86. The van der Waals surface area contributed by atoms with Crippen molar-refractivity contribution in [1.29, 1.82) is 0 Å². The third-order valence-electron chi connectivity index (χ3n) is 1.27. The molecule has 2 aromatic rings. The topological polar surface area (TPSA) is 93.4 Å². The second-order valence-corrected chi connectivity index (χ2v) is 2.12. The zero-order valence-electron chi connectivity index (χ0n) is 6.10. The largest absolute Gasteiger partial charge is 0.368 e. The van der Waals surface area contributed by atoms with Crippen LogP contribution in [0, 0.1) is 0 Å². The lowest BCUT2D eigenvalue weighted by molar-refractivity contribution is 1.06. The van der Waals surface area contributed by atoms with Gasteiger partial charge < -0.3 is 5.73 Å². The first kappa shape index (κ1) is 6.71. The van der Waals surface area contributed by atoms with E-state index in [1.807, 2.05) is 0 Å². The van der Waals surface area contributed by atoms with Crippen LogP contribution in [0.5, 0.6) is 0 Å². The number of aromatic nitrogens is 5. The number of H-pyrrole nitrogens is 1. The number of hydrogen-bond donors (Lipinski definition) is 2. The van der Waals surface area contributed by atoms with E-state index < -0.39 is 0 Å². The summed E-state index contributed by atoms with van der Waals surface area (Å²) in [6.45, 7) is 0. The summed E-state index contributed by atoms with van der Waals surface area (Å²) < 4.78 is 0. The van der Waals surface area contributed by atoms with Gasteiger partial charge in [-0.25, -0.2) is 15.1 Å². The van der Waals surface area contributed by atoms with Crippen LogP contribution in [0.3, 0.4) is 0 Å². The standard InChI is InChI=1S/C6H6N6/c7-6-10-5(11-12-6)4-8-2-1-3-9-4/h1-3H,(H3,7,10,11,12). The van der Waals surface area contributed by atoms with E-state index in [0.29, 0.717) is 11.6 Å². The van der Waals surface area contributed by atoms with E-state index in [1.54, 1.807) is 18.5 Å². The lowest BCUT2D eigenvalue weighted by Gasteiger charge is -1.88. The fourth-order valence-corrected chi connectivity index (χ4v) is 0.789. The van der Waals surface area contributed by atoms with Crippen molar-refractivity contribution < 1.29 is 0 Å². The Labute approximate surface area is 67.9 Å². The van der Waals surface area contributed by atoms with Gasteiger partial charge in [0.15, 0.2) is 5.82 Å². The van der Waals surface area contributed by atoms with Gasteiger partial charge in [-0.2, -0.15) is 4.98 Å². The smallest absolute Gasteiger partial charge is 0.220 e. The van der Waals surface area contributed by atoms with Crippen LogP contribution in [0.4, 0.5) is 5.95 Å².